The SMILES string of the molecule is CCCCc1ccccc1N=C(C)c1ccc(C(C)=Nc2ccccc2CCCC)s1. The van der Waals surface area contributed by atoms with Crippen molar-refractivity contribution in [2.45, 2.75) is 66.2 Å². The molecule has 2 aromatic carbocycles. The molecule has 0 unspecified atom stereocenters. The molecule has 162 valence electrons. The number of hydrogen-bond donors (Lipinski definition) is 0. The van der Waals surface area contributed by atoms with Gasteiger partial charge in [0.05, 0.1) is 22.8 Å². The number of rotatable bonds is 10. The third kappa shape index (κ3) is 6.48. The first-order valence-corrected chi connectivity index (χ1v) is 12.3. The standard InChI is InChI=1S/C28H34N2S/c1-5-7-13-23-15-9-11-17-25(23)29-21(3)27-19-20-28(31-27)22(4)30-26-18-12-10-16-24(26)14-8-6-2/h9-12,15-20H,5-8,13-14H2,1-4H3. The molecule has 0 spiro atoms. The Bertz CT molecular complexity index is 960. The van der Waals surface area contributed by atoms with Crippen LogP contribution in [0.3, 0.4) is 0 Å². The van der Waals surface area contributed by atoms with Gasteiger partial charge in [0.15, 0.2) is 0 Å². The van der Waals surface area contributed by atoms with E-state index in [0.717, 1.165) is 35.6 Å². The van der Waals surface area contributed by atoms with Crippen LogP contribution in [0, 0.1) is 0 Å². The zero-order chi connectivity index (χ0) is 22.1. The minimum Gasteiger partial charge on any atom is -0.252 e. The Balaban J connectivity index is 1.82. The van der Waals surface area contributed by atoms with Crippen molar-refractivity contribution in [3.8, 4) is 0 Å². The van der Waals surface area contributed by atoms with Crippen LogP contribution in [0.15, 0.2) is 70.6 Å². The van der Waals surface area contributed by atoms with Crippen LogP contribution >= 0.6 is 11.3 Å². The molecule has 0 N–H and O–H groups in total. The van der Waals surface area contributed by atoms with Crippen LogP contribution in [0.4, 0.5) is 11.4 Å². The van der Waals surface area contributed by atoms with Crippen molar-refractivity contribution in [3.63, 3.8) is 0 Å². The van der Waals surface area contributed by atoms with Crippen molar-refractivity contribution in [2.75, 3.05) is 0 Å². The monoisotopic (exact) mass is 430 g/mol. The summed E-state index contributed by atoms with van der Waals surface area (Å²) in [5, 5.41) is 0. The second-order valence-corrected chi connectivity index (χ2v) is 9.11. The molecule has 0 saturated heterocycles. The topological polar surface area (TPSA) is 24.7 Å². The Hall–Kier alpha value is -2.52. The van der Waals surface area contributed by atoms with Crippen LogP contribution in [-0.2, 0) is 12.8 Å². The number of aliphatic imine (C=N–C) groups is 2. The Labute approximate surface area is 191 Å². The normalized spacial score (nSPS) is 12.4. The Morgan fingerprint density at radius 3 is 1.48 bits per heavy atom. The lowest BCUT2D eigenvalue weighted by molar-refractivity contribution is 0.795. The van der Waals surface area contributed by atoms with Gasteiger partial charge in [0.2, 0.25) is 0 Å². The molecule has 0 atom stereocenters. The van der Waals surface area contributed by atoms with Gasteiger partial charge in [-0.05, 0) is 74.9 Å². The van der Waals surface area contributed by atoms with E-state index in [2.05, 4.69) is 88.4 Å². The van der Waals surface area contributed by atoms with Crippen LogP contribution in [0.5, 0.6) is 0 Å². The summed E-state index contributed by atoms with van der Waals surface area (Å²) >= 11 is 1.77. The van der Waals surface area contributed by atoms with E-state index in [9.17, 15) is 0 Å². The summed E-state index contributed by atoms with van der Waals surface area (Å²) in [7, 11) is 0. The molecular formula is C28H34N2S. The van der Waals surface area contributed by atoms with Crippen LogP contribution in [0.2, 0.25) is 0 Å². The summed E-state index contributed by atoms with van der Waals surface area (Å²) < 4.78 is 0. The molecule has 0 amide bonds. The predicted octanol–water partition coefficient (Wildman–Crippen LogP) is 8.71. The number of aryl methyl sites for hydroxylation is 2. The maximum Gasteiger partial charge on any atom is 0.0665 e. The first-order valence-electron chi connectivity index (χ1n) is 11.5. The van der Waals surface area contributed by atoms with Crippen molar-refractivity contribution in [3.05, 3.63) is 81.5 Å². The first-order chi connectivity index (χ1) is 15.1. The molecule has 1 aromatic heterocycles. The summed E-state index contributed by atoms with van der Waals surface area (Å²) in [6.45, 7) is 8.68. The molecule has 0 aliphatic rings. The number of unbranched alkanes of at least 4 members (excludes halogenated alkanes) is 2. The molecule has 0 aliphatic heterocycles. The lowest BCUT2D eigenvalue weighted by Crippen LogP contribution is -1.93. The number of hydrogen-bond acceptors (Lipinski definition) is 3. The summed E-state index contributed by atoms with van der Waals surface area (Å²) in [6.07, 6.45) is 6.97. The van der Waals surface area contributed by atoms with Gasteiger partial charge in [0.25, 0.3) is 0 Å². The van der Waals surface area contributed by atoms with Crippen LogP contribution in [-0.4, -0.2) is 11.4 Å². The molecule has 1 heterocycles. The van der Waals surface area contributed by atoms with Crippen LogP contribution < -0.4 is 0 Å². The minimum atomic E-state index is 1.07. The molecule has 31 heavy (non-hydrogen) atoms. The lowest BCUT2D eigenvalue weighted by atomic mass is 10.1. The van der Waals surface area contributed by atoms with E-state index in [0.29, 0.717) is 0 Å². The second-order valence-electron chi connectivity index (χ2n) is 8.02. The largest absolute Gasteiger partial charge is 0.252 e. The Morgan fingerprint density at radius 2 is 1.06 bits per heavy atom. The average molecular weight is 431 g/mol. The minimum absolute atomic E-state index is 1.07. The van der Waals surface area contributed by atoms with Crippen molar-refractivity contribution in [1.82, 2.24) is 0 Å². The van der Waals surface area contributed by atoms with Gasteiger partial charge in [-0.2, -0.15) is 0 Å². The Kier molecular flexibility index (Phi) is 8.78. The first kappa shape index (κ1) is 23.1. The van der Waals surface area contributed by atoms with Crippen molar-refractivity contribution in [2.24, 2.45) is 9.98 Å². The molecule has 0 radical (unpaired) electrons. The van der Waals surface area contributed by atoms with Gasteiger partial charge in [-0.3, -0.25) is 9.98 Å². The van der Waals surface area contributed by atoms with Gasteiger partial charge < -0.3 is 0 Å². The lowest BCUT2D eigenvalue weighted by Gasteiger charge is -2.06. The fraction of sp³-hybridized carbons (Fsp3) is 0.357. The molecular weight excluding hydrogens is 396 g/mol. The quantitative estimate of drug-likeness (QED) is 0.287. The third-order valence-electron chi connectivity index (χ3n) is 5.48. The fourth-order valence-electron chi connectivity index (χ4n) is 3.60. The summed E-state index contributed by atoms with van der Waals surface area (Å²) in [5.74, 6) is 0. The van der Waals surface area contributed by atoms with Gasteiger partial charge in [-0.15, -0.1) is 11.3 Å². The molecule has 3 aromatic rings. The van der Waals surface area contributed by atoms with E-state index < -0.39 is 0 Å². The highest BCUT2D eigenvalue weighted by Gasteiger charge is 2.09. The van der Waals surface area contributed by atoms with E-state index in [1.165, 1.54) is 46.6 Å². The number of benzene rings is 2. The molecule has 0 aliphatic carbocycles. The van der Waals surface area contributed by atoms with E-state index in [1.54, 1.807) is 11.3 Å². The van der Waals surface area contributed by atoms with Gasteiger partial charge in [0, 0.05) is 9.75 Å². The van der Waals surface area contributed by atoms with Crippen molar-refractivity contribution < 1.29 is 0 Å². The maximum absolute atomic E-state index is 4.97. The fourth-order valence-corrected chi connectivity index (χ4v) is 4.49. The Morgan fingerprint density at radius 1 is 0.645 bits per heavy atom. The van der Waals surface area contributed by atoms with Crippen LogP contribution in [0.1, 0.15) is 74.3 Å². The van der Waals surface area contributed by atoms with Gasteiger partial charge in [-0.1, -0.05) is 63.1 Å². The molecule has 3 rings (SSSR count). The summed E-state index contributed by atoms with van der Waals surface area (Å²) in [5.41, 5.74) is 6.99. The van der Waals surface area contributed by atoms with Crippen LogP contribution in [0.25, 0.3) is 0 Å². The maximum atomic E-state index is 4.97. The zero-order valence-corrected chi connectivity index (χ0v) is 20.1. The number of para-hydroxylation sites is 2. The molecule has 0 saturated carbocycles. The van der Waals surface area contributed by atoms with Crippen molar-refractivity contribution >= 4 is 34.1 Å². The number of thiophene rings is 1. The number of nitrogens with zero attached hydrogens (tertiary/aromatic N) is 2. The zero-order valence-electron chi connectivity index (χ0n) is 19.3. The highest BCUT2D eigenvalue weighted by atomic mass is 32.1. The summed E-state index contributed by atoms with van der Waals surface area (Å²) in [4.78, 5) is 12.4. The highest BCUT2D eigenvalue weighted by Crippen LogP contribution is 2.26. The molecule has 2 nitrogen and oxygen atoms in total. The van der Waals surface area contributed by atoms with Gasteiger partial charge in [0.1, 0.15) is 0 Å². The molecule has 0 fully saturated rings. The van der Waals surface area contributed by atoms with Crippen molar-refractivity contribution in [1.29, 1.82) is 0 Å². The van der Waals surface area contributed by atoms with E-state index in [-0.39, 0.29) is 0 Å². The third-order valence-corrected chi connectivity index (χ3v) is 6.78. The average Bonchev–Trinajstić information content (AvgIpc) is 3.29. The van der Waals surface area contributed by atoms with Gasteiger partial charge >= 0.3 is 0 Å². The highest BCUT2D eigenvalue weighted by molar-refractivity contribution is 7.16. The smallest absolute Gasteiger partial charge is 0.0665 e. The second kappa shape index (κ2) is 11.8. The summed E-state index contributed by atoms with van der Waals surface area (Å²) in [6, 6.07) is 21.4. The van der Waals surface area contributed by atoms with E-state index in [4.69, 9.17) is 9.98 Å². The molecule has 0 bridgehead atoms. The predicted molar refractivity (Wildman–Crippen MR) is 138 cm³/mol. The molecule has 3 heteroatoms. The van der Waals surface area contributed by atoms with E-state index >= 15 is 0 Å². The van der Waals surface area contributed by atoms with Gasteiger partial charge in [-0.25, -0.2) is 0 Å². The van der Waals surface area contributed by atoms with E-state index in [1.807, 2.05) is 0 Å².